The van der Waals surface area contributed by atoms with E-state index >= 15 is 0 Å². The molecule has 100 valence electrons. The van der Waals surface area contributed by atoms with Crippen LogP contribution < -0.4 is 15.8 Å². The fourth-order valence-electron chi connectivity index (χ4n) is 1.58. The zero-order valence-electron chi connectivity index (χ0n) is 10.0. The second kappa shape index (κ2) is 5.32. The van der Waals surface area contributed by atoms with Crippen LogP contribution in [0.1, 0.15) is 0 Å². The lowest BCUT2D eigenvalue weighted by Crippen LogP contribution is -2.00. The third kappa shape index (κ3) is 2.88. The molecule has 6 heteroatoms. The minimum atomic E-state index is -0.613. The highest BCUT2D eigenvalue weighted by atomic mass is 35.5. The van der Waals surface area contributed by atoms with Gasteiger partial charge in [-0.2, -0.15) is 0 Å². The Morgan fingerprint density at radius 1 is 1.11 bits per heavy atom. The predicted molar refractivity (Wildman–Crippen MR) is 72.1 cm³/mol. The van der Waals surface area contributed by atoms with Crippen LogP contribution >= 0.6 is 11.6 Å². The van der Waals surface area contributed by atoms with Crippen LogP contribution in [0, 0.1) is 11.6 Å². The molecule has 3 nitrogen and oxygen atoms in total. The number of ether oxygens (including phenoxy) is 1. The maximum atomic E-state index is 13.7. The lowest BCUT2D eigenvalue weighted by atomic mass is 10.2. The van der Waals surface area contributed by atoms with Gasteiger partial charge in [0.2, 0.25) is 0 Å². The molecule has 0 aliphatic rings. The minimum Gasteiger partial charge on any atom is -0.495 e. The number of methoxy groups -OCH3 is 1. The van der Waals surface area contributed by atoms with Crippen LogP contribution in [-0.4, -0.2) is 7.11 Å². The molecule has 19 heavy (non-hydrogen) atoms. The zero-order valence-corrected chi connectivity index (χ0v) is 10.8. The van der Waals surface area contributed by atoms with Crippen LogP contribution in [0.4, 0.5) is 25.8 Å². The third-order valence-corrected chi connectivity index (χ3v) is 2.75. The van der Waals surface area contributed by atoms with Crippen molar-refractivity contribution in [3.63, 3.8) is 0 Å². The second-order valence-electron chi connectivity index (χ2n) is 3.82. The Morgan fingerprint density at radius 3 is 2.47 bits per heavy atom. The maximum Gasteiger partial charge on any atom is 0.148 e. The first-order valence-corrected chi connectivity index (χ1v) is 5.74. The molecule has 0 aromatic heterocycles. The molecule has 0 amide bonds. The summed E-state index contributed by atoms with van der Waals surface area (Å²) in [6.45, 7) is 0. The van der Waals surface area contributed by atoms with E-state index in [1.165, 1.54) is 31.4 Å². The quantitative estimate of drug-likeness (QED) is 0.839. The smallest absolute Gasteiger partial charge is 0.148 e. The molecule has 0 heterocycles. The molecule has 2 aromatic rings. The van der Waals surface area contributed by atoms with Gasteiger partial charge in [0.1, 0.15) is 17.4 Å². The van der Waals surface area contributed by atoms with E-state index < -0.39 is 11.6 Å². The molecule has 0 aliphatic heterocycles. The van der Waals surface area contributed by atoms with Gasteiger partial charge in [-0.25, -0.2) is 8.78 Å². The summed E-state index contributed by atoms with van der Waals surface area (Å²) < 4.78 is 32.3. The summed E-state index contributed by atoms with van der Waals surface area (Å²) in [4.78, 5) is 0. The third-order valence-electron chi connectivity index (χ3n) is 2.52. The number of nitrogen functional groups attached to an aromatic ring is 1. The van der Waals surface area contributed by atoms with Crippen molar-refractivity contribution in [2.45, 2.75) is 0 Å². The topological polar surface area (TPSA) is 47.3 Å². The van der Waals surface area contributed by atoms with Gasteiger partial charge in [-0.3, -0.25) is 0 Å². The van der Waals surface area contributed by atoms with E-state index in [1.807, 2.05) is 0 Å². The number of hydrogen-bond acceptors (Lipinski definition) is 3. The number of nitrogens with one attached hydrogen (secondary N) is 1. The number of nitrogens with two attached hydrogens (primary N) is 1. The first-order valence-electron chi connectivity index (χ1n) is 5.36. The fourth-order valence-corrected chi connectivity index (χ4v) is 1.75. The van der Waals surface area contributed by atoms with E-state index in [-0.39, 0.29) is 17.1 Å². The number of halogens is 3. The van der Waals surface area contributed by atoms with Gasteiger partial charge in [-0.1, -0.05) is 11.6 Å². The molecule has 2 aromatic carbocycles. The van der Waals surface area contributed by atoms with E-state index in [0.717, 1.165) is 6.07 Å². The van der Waals surface area contributed by atoms with Gasteiger partial charge in [0.15, 0.2) is 0 Å². The summed E-state index contributed by atoms with van der Waals surface area (Å²) in [7, 11) is 1.41. The molecule has 0 atom stereocenters. The van der Waals surface area contributed by atoms with E-state index in [4.69, 9.17) is 22.1 Å². The average molecular weight is 285 g/mol. The number of hydrogen-bond donors (Lipinski definition) is 2. The van der Waals surface area contributed by atoms with E-state index in [0.29, 0.717) is 10.8 Å². The molecule has 3 N–H and O–H groups in total. The van der Waals surface area contributed by atoms with Crippen molar-refractivity contribution in [1.29, 1.82) is 0 Å². The second-order valence-corrected chi connectivity index (χ2v) is 4.26. The first kappa shape index (κ1) is 13.4. The Balaban J connectivity index is 2.40. The molecule has 2 rings (SSSR count). The molecule has 0 fully saturated rings. The van der Waals surface area contributed by atoms with Crippen LogP contribution in [0.2, 0.25) is 5.02 Å². The van der Waals surface area contributed by atoms with Crippen molar-refractivity contribution < 1.29 is 13.5 Å². The normalized spacial score (nSPS) is 10.3. The van der Waals surface area contributed by atoms with Crippen LogP contribution in [0.25, 0.3) is 0 Å². The standard InChI is InChI=1S/C13H11ClF2N2O/c1-19-13-6-12(9(16)5-10(13)17)18-11-4-7(14)2-3-8(11)15/h2-6,18H,17H2,1H3. The monoisotopic (exact) mass is 284 g/mol. The van der Waals surface area contributed by atoms with Crippen molar-refractivity contribution in [2.24, 2.45) is 0 Å². The molecule has 0 unspecified atom stereocenters. The van der Waals surface area contributed by atoms with Crippen molar-refractivity contribution >= 4 is 28.7 Å². The lowest BCUT2D eigenvalue weighted by molar-refractivity contribution is 0.416. The molecule has 0 radical (unpaired) electrons. The SMILES string of the molecule is COc1cc(Nc2cc(Cl)ccc2F)c(F)cc1N. The summed E-state index contributed by atoms with van der Waals surface area (Å²) >= 11 is 5.76. The lowest BCUT2D eigenvalue weighted by Gasteiger charge is -2.12. The van der Waals surface area contributed by atoms with Crippen LogP contribution in [-0.2, 0) is 0 Å². The van der Waals surface area contributed by atoms with E-state index in [9.17, 15) is 8.78 Å². The van der Waals surface area contributed by atoms with Gasteiger partial charge in [0.05, 0.1) is 24.2 Å². The highest BCUT2D eigenvalue weighted by Gasteiger charge is 2.11. The molecule has 0 bridgehead atoms. The average Bonchev–Trinajstić information content (AvgIpc) is 2.37. The predicted octanol–water partition coefficient (Wildman–Crippen LogP) is 3.95. The zero-order chi connectivity index (χ0) is 14.0. The Labute approximate surface area is 113 Å². The molecule has 0 aliphatic carbocycles. The van der Waals surface area contributed by atoms with Gasteiger partial charge in [-0.15, -0.1) is 0 Å². The number of rotatable bonds is 3. The van der Waals surface area contributed by atoms with E-state index in [1.54, 1.807) is 0 Å². The van der Waals surface area contributed by atoms with Gasteiger partial charge < -0.3 is 15.8 Å². The van der Waals surface area contributed by atoms with Crippen molar-refractivity contribution in [1.82, 2.24) is 0 Å². The molecule has 0 saturated carbocycles. The molecular formula is C13H11ClF2N2O. The number of anilines is 3. The molecule has 0 saturated heterocycles. The largest absolute Gasteiger partial charge is 0.495 e. The molecular weight excluding hydrogens is 274 g/mol. The Kier molecular flexibility index (Phi) is 3.76. The maximum absolute atomic E-state index is 13.7. The van der Waals surface area contributed by atoms with Crippen molar-refractivity contribution in [3.8, 4) is 5.75 Å². The summed E-state index contributed by atoms with van der Waals surface area (Å²) in [6, 6.07) is 6.41. The Bertz CT molecular complexity index is 620. The van der Waals surface area contributed by atoms with E-state index in [2.05, 4.69) is 5.32 Å². The van der Waals surface area contributed by atoms with Gasteiger partial charge >= 0.3 is 0 Å². The highest BCUT2D eigenvalue weighted by molar-refractivity contribution is 6.30. The van der Waals surface area contributed by atoms with Crippen LogP contribution in [0.3, 0.4) is 0 Å². The van der Waals surface area contributed by atoms with Crippen molar-refractivity contribution in [2.75, 3.05) is 18.2 Å². The fraction of sp³-hybridized carbons (Fsp3) is 0.0769. The van der Waals surface area contributed by atoms with Crippen LogP contribution in [0.15, 0.2) is 30.3 Å². The first-order chi connectivity index (χ1) is 9.01. The summed E-state index contributed by atoms with van der Waals surface area (Å²) in [5.74, 6) is -0.858. The van der Waals surface area contributed by atoms with Gasteiger partial charge in [-0.05, 0) is 18.2 Å². The van der Waals surface area contributed by atoms with Crippen LogP contribution in [0.5, 0.6) is 5.75 Å². The van der Waals surface area contributed by atoms with Gasteiger partial charge in [0, 0.05) is 17.2 Å². The summed E-state index contributed by atoms with van der Waals surface area (Å²) in [5.41, 5.74) is 5.84. The summed E-state index contributed by atoms with van der Waals surface area (Å²) in [6.07, 6.45) is 0. The van der Waals surface area contributed by atoms with Crippen molar-refractivity contribution in [3.05, 3.63) is 47.0 Å². The number of benzene rings is 2. The molecule has 0 spiro atoms. The minimum absolute atomic E-state index is 0.0483. The Morgan fingerprint density at radius 2 is 1.79 bits per heavy atom. The summed E-state index contributed by atoms with van der Waals surface area (Å²) in [5, 5.41) is 2.95. The Hall–Kier alpha value is -2.01. The highest BCUT2D eigenvalue weighted by Crippen LogP contribution is 2.31. The van der Waals surface area contributed by atoms with Gasteiger partial charge in [0.25, 0.3) is 0 Å².